The molecule has 142 valence electrons. The molecule has 7 nitrogen and oxygen atoms in total. The van der Waals surface area contributed by atoms with Gasteiger partial charge in [0.15, 0.2) is 0 Å². The lowest BCUT2D eigenvalue weighted by atomic mass is 10.1. The molecule has 8 heteroatoms. The number of ether oxygens (including phenoxy) is 1. The molecule has 25 heavy (non-hydrogen) atoms. The number of aryl methyl sites for hydroxylation is 2. The van der Waals surface area contributed by atoms with Gasteiger partial charge in [0.05, 0.1) is 12.8 Å². The van der Waals surface area contributed by atoms with Crippen molar-refractivity contribution >= 4 is 28.8 Å². The molecule has 4 N–H and O–H groups in total. The highest BCUT2D eigenvalue weighted by atomic mass is 32.2. The number of rotatable bonds is 8. The fourth-order valence-corrected chi connectivity index (χ4v) is 2.21. The first kappa shape index (κ1) is 23.2. The smallest absolute Gasteiger partial charge is 0.328 e. The van der Waals surface area contributed by atoms with Crippen LogP contribution in [-0.4, -0.2) is 52.8 Å². The summed E-state index contributed by atoms with van der Waals surface area (Å²) in [6.07, 6.45) is 2.50. The van der Waals surface area contributed by atoms with E-state index in [0.717, 1.165) is 17.7 Å². The number of nitrogens with two attached hydrogens (primary N) is 1. The van der Waals surface area contributed by atoms with Crippen molar-refractivity contribution in [1.29, 1.82) is 0 Å². The predicted molar refractivity (Wildman–Crippen MR) is 100 cm³/mol. The van der Waals surface area contributed by atoms with Crippen molar-refractivity contribution in [2.75, 3.05) is 30.5 Å². The zero-order chi connectivity index (χ0) is 19.4. The van der Waals surface area contributed by atoms with Gasteiger partial charge in [-0.3, -0.25) is 4.79 Å². The second kappa shape index (κ2) is 12.6. The molecule has 0 aliphatic heterocycles. The van der Waals surface area contributed by atoms with Crippen LogP contribution in [0.4, 0.5) is 5.69 Å². The molecule has 0 fully saturated rings. The lowest BCUT2D eigenvalue weighted by Gasteiger charge is -2.19. The summed E-state index contributed by atoms with van der Waals surface area (Å²) in [7, 11) is 0. The third kappa shape index (κ3) is 9.96. The van der Waals surface area contributed by atoms with E-state index in [9.17, 15) is 14.1 Å². The Hall–Kier alpha value is -1.77. The van der Waals surface area contributed by atoms with Gasteiger partial charge < -0.3 is 25.4 Å². The van der Waals surface area contributed by atoms with Crippen molar-refractivity contribution in [3.8, 4) is 0 Å². The zero-order valence-corrected chi connectivity index (χ0v) is 16.0. The van der Waals surface area contributed by atoms with Gasteiger partial charge in [0.1, 0.15) is 18.4 Å². The first-order chi connectivity index (χ1) is 11.7. The molecular weight excluding hydrogens is 344 g/mol. The summed E-state index contributed by atoms with van der Waals surface area (Å²) in [4.78, 5) is 21.1. The van der Waals surface area contributed by atoms with Gasteiger partial charge in [-0.15, -0.1) is 0 Å². The molecule has 0 aromatic heterocycles. The van der Waals surface area contributed by atoms with Gasteiger partial charge in [-0.2, -0.15) is 0 Å². The number of hydrogen-bond donors (Lipinski definition) is 3. The molecule has 0 saturated carbocycles. The number of para-hydroxylation sites is 1. The van der Waals surface area contributed by atoms with Crippen LogP contribution in [0.15, 0.2) is 18.2 Å². The van der Waals surface area contributed by atoms with Crippen LogP contribution in [0.1, 0.15) is 25.0 Å². The van der Waals surface area contributed by atoms with Crippen LogP contribution in [0.2, 0.25) is 0 Å². The van der Waals surface area contributed by atoms with Gasteiger partial charge in [0.25, 0.3) is 0 Å². The first-order valence-electron chi connectivity index (χ1n) is 7.96. The summed E-state index contributed by atoms with van der Waals surface area (Å²) < 4.78 is 16.0. The maximum atomic E-state index is 11.9. The molecule has 0 spiro atoms. The van der Waals surface area contributed by atoms with Crippen LogP contribution < -0.4 is 11.1 Å². The van der Waals surface area contributed by atoms with E-state index in [0.29, 0.717) is 5.75 Å². The summed E-state index contributed by atoms with van der Waals surface area (Å²) in [5.41, 5.74) is 7.86. The average molecular weight is 372 g/mol. The van der Waals surface area contributed by atoms with Gasteiger partial charge in [-0.1, -0.05) is 36.3 Å². The van der Waals surface area contributed by atoms with Crippen molar-refractivity contribution in [3.63, 3.8) is 0 Å². The number of benzene rings is 1. The van der Waals surface area contributed by atoms with Gasteiger partial charge in [-0.25, -0.2) is 4.79 Å². The predicted octanol–water partition coefficient (Wildman–Crippen LogP) is 1.31. The standard InChI is InChI=1S/C15H23NO3S.C2H5NO2/c1-5-13-8-6-7-11(2)14(13)16-12(3)15(17)19-9-10-20(4)18;3-1-2(4)5/h6-8,12,16H,5,9-10H2,1-4H3;1,3H2,(H,4,5)/t12-,20?;/m0./s1. The number of aliphatic carboxylic acids is 1. The van der Waals surface area contributed by atoms with Crippen LogP contribution in [-0.2, 0) is 31.9 Å². The molecule has 0 aliphatic carbocycles. The molecular formula is C17H28N2O5S. The zero-order valence-electron chi connectivity index (χ0n) is 15.2. The lowest BCUT2D eigenvalue weighted by Crippen LogP contribution is -2.30. The van der Waals surface area contributed by atoms with Crippen LogP contribution in [0.5, 0.6) is 0 Å². The maximum absolute atomic E-state index is 11.9. The minimum Gasteiger partial charge on any atom is -0.616 e. The van der Waals surface area contributed by atoms with E-state index in [4.69, 9.17) is 9.84 Å². The first-order valence-corrected chi connectivity index (χ1v) is 9.69. The molecule has 2 atom stereocenters. The van der Waals surface area contributed by atoms with Crippen LogP contribution >= 0.6 is 0 Å². The number of carbonyl (C=O) groups is 2. The van der Waals surface area contributed by atoms with E-state index in [2.05, 4.69) is 18.0 Å². The monoisotopic (exact) mass is 372 g/mol. The van der Waals surface area contributed by atoms with E-state index < -0.39 is 23.2 Å². The number of nitrogens with one attached hydrogen (secondary N) is 1. The lowest BCUT2D eigenvalue weighted by molar-refractivity contribution is -0.143. The molecule has 0 aliphatic rings. The molecule has 0 bridgehead atoms. The molecule has 1 aromatic rings. The van der Waals surface area contributed by atoms with Gasteiger partial charge in [-0.05, 0) is 31.4 Å². The van der Waals surface area contributed by atoms with Gasteiger partial charge in [0, 0.05) is 5.69 Å². The van der Waals surface area contributed by atoms with E-state index in [1.165, 1.54) is 5.56 Å². The van der Waals surface area contributed by atoms with Crippen molar-refractivity contribution in [2.45, 2.75) is 33.2 Å². The second-order valence-electron chi connectivity index (χ2n) is 5.37. The number of carboxylic acids is 1. The topological polar surface area (TPSA) is 125 Å². The number of anilines is 1. The Bertz CT molecular complexity index is 552. The normalized spacial score (nSPS) is 12.4. The minimum absolute atomic E-state index is 0.197. The number of carboxylic acid groups (broad SMARTS) is 1. The van der Waals surface area contributed by atoms with Crippen molar-refractivity contribution < 1.29 is 24.0 Å². The van der Waals surface area contributed by atoms with Crippen LogP contribution in [0, 0.1) is 6.92 Å². The quantitative estimate of drug-likeness (QED) is 0.464. The highest BCUT2D eigenvalue weighted by Gasteiger charge is 2.17. The Labute approximate surface area is 152 Å². The Kier molecular flexibility index (Phi) is 11.7. The fourth-order valence-electron chi connectivity index (χ4n) is 1.89. The highest BCUT2D eigenvalue weighted by Crippen LogP contribution is 2.22. The third-order valence-electron chi connectivity index (χ3n) is 3.24. The molecule has 0 amide bonds. The van der Waals surface area contributed by atoms with E-state index in [-0.39, 0.29) is 19.1 Å². The molecule has 0 radical (unpaired) electrons. The minimum atomic E-state index is -0.968. The SMILES string of the molecule is CCc1cccc(C)c1N[C@@H](C)C(=O)OCC[S+](C)[O-].NCC(=O)O. The van der Waals surface area contributed by atoms with E-state index in [1.54, 1.807) is 13.2 Å². The third-order valence-corrected chi connectivity index (χ3v) is 3.99. The molecule has 0 heterocycles. The number of carbonyl (C=O) groups excluding carboxylic acids is 1. The van der Waals surface area contributed by atoms with Crippen molar-refractivity contribution in [2.24, 2.45) is 5.73 Å². The maximum Gasteiger partial charge on any atom is 0.328 e. The molecule has 1 aromatic carbocycles. The Morgan fingerprint density at radius 1 is 1.44 bits per heavy atom. The Balaban J connectivity index is 0.00000101. The average Bonchev–Trinajstić information content (AvgIpc) is 2.56. The number of esters is 1. The van der Waals surface area contributed by atoms with E-state index >= 15 is 0 Å². The summed E-state index contributed by atoms with van der Waals surface area (Å²) in [6.45, 7) is 5.79. The van der Waals surface area contributed by atoms with Crippen LogP contribution in [0.25, 0.3) is 0 Å². The van der Waals surface area contributed by atoms with E-state index in [1.807, 2.05) is 25.1 Å². The summed E-state index contributed by atoms with van der Waals surface area (Å²) in [6, 6.07) is 5.65. The molecule has 1 rings (SSSR count). The summed E-state index contributed by atoms with van der Waals surface area (Å²) >= 11 is -0.940. The van der Waals surface area contributed by atoms with Crippen molar-refractivity contribution in [1.82, 2.24) is 0 Å². The fraction of sp³-hybridized carbons (Fsp3) is 0.529. The molecule has 0 saturated heterocycles. The van der Waals surface area contributed by atoms with Gasteiger partial charge in [0.2, 0.25) is 0 Å². The summed E-state index contributed by atoms with van der Waals surface area (Å²) in [5.74, 6) is -0.908. The van der Waals surface area contributed by atoms with Gasteiger partial charge >= 0.3 is 11.9 Å². The van der Waals surface area contributed by atoms with Crippen molar-refractivity contribution in [3.05, 3.63) is 29.3 Å². The van der Waals surface area contributed by atoms with Crippen LogP contribution in [0.3, 0.4) is 0 Å². The second-order valence-corrected chi connectivity index (χ2v) is 6.93. The Morgan fingerprint density at radius 2 is 2.04 bits per heavy atom. The Morgan fingerprint density at radius 3 is 2.52 bits per heavy atom. The highest BCUT2D eigenvalue weighted by molar-refractivity contribution is 7.90. The number of hydrogen-bond acceptors (Lipinski definition) is 6. The summed E-state index contributed by atoms with van der Waals surface area (Å²) in [5, 5.41) is 10.8. The largest absolute Gasteiger partial charge is 0.616 e. The molecule has 1 unspecified atom stereocenters.